The van der Waals surface area contributed by atoms with Crippen molar-refractivity contribution in [2.75, 3.05) is 29.4 Å². The van der Waals surface area contributed by atoms with Crippen LogP contribution in [0.4, 0.5) is 10.3 Å². The Bertz CT molecular complexity index is 871. The zero-order chi connectivity index (χ0) is 20.9. The van der Waals surface area contributed by atoms with Crippen molar-refractivity contribution in [3.05, 3.63) is 35.9 Å². The fourth-order valence-corrected chi connectivity index (χ4v) is 5.05. The van der Waals surface area contributed by atoms with E-state index in [9.17, 15) is 9.59 Å². The van der Waals surface area contributed by atoms with Gasteiger partial charge in [-0.05, 0) is 44.6 Å². The highest BCUT2D eigenvalue weighted by Crippen LogP contribution is 2.32. The highest BCUT2D eigenvalue weighted by molar-refractivity contribution is 7.19. The second-order valence-corrected chi connectivity index (χ2v) is 9.17. The molecule has 30 heavy (non-hydrogen) atoms. The predicted molar refractivity (Wildman–Crippen MR) is 119 cm³/mol. The number of aromatic nitrogens is 2. The second-order valence-electron chi connectivity index (χ2n) is 8.24. The molecule has 8 heteroatoms. The summed E-state index contributed by atoms with van der Waals surface area (Å²) in [6.07, 6.45) is 5.20. The number of piperidine rings is 1. The Kier molecular flexibility index (Phi) is 6.62. The van der Waals surface area contributed by atoms with E-state index in [1.165, 1.54) is 16.9 Å². The lowest BCUT2D eigenvalue weighted by molar-refractivity contribution is -0.126. The molecule has 0 spiro atoms. The molecule has 2 fully saturated rings. The lowest BCUT2D eigenvalue weighted by Gasteiger charge is -2.32. The summed E-state index contributed by atoms with van der Waals surface area (Å²) in [4.78, 5) is 28.6. The summed E-state index contributed by atoms with van der Waals surface area (Å²) in [5.74, 6) is 0.205. The smallest absolute Gasteiger partial charge is 0.228 e. The summed E-state index contributed by atoms with van der Waals surface area (Å²) in [5, 5.41) is 13.2. The van der Waals surface area contributed by atoms with E-state index in [2.05, 4.69) is 39.5 Å². The van der Waals surface area contributed by atoms with E-state index in [0.29, 0.717) is 18.1 Å². The van der Waals surface area contributed by atoms with Gasteiger partial charge in [0.05, 0.1) is 5.92 Å². The number of carbonyl (C=O) groups excluding carboxylic acids is 2. The highest BCUT2D eigenvalue weighted by Gasteiger charge is 2.30. The van der Waals surface area contributed by atoms with Gasteiger partial charge in [-0.25, -0.2) is 0 Å². The standard InChI is InChI=1S/C22H29N5O2S/c1-16(11-12-17-7-3-2-4-8-17)23-20(29)18-9-5-13-26(15-18)21-24-25-22(30-21)27-14-6-10-19(27)28/h2-4,7-8,16,18H,5-6,9-15H2,1H3,(H,23,29)/t16-,18-/m1/s1. The average molecular weight is 428 g/mol. The Balaban J connectivity index is 1.29. The van der Waals surface area contributed by atoms with Gasteiger partial charge in [0, 0.05) is 32.1 Å². The van der Waals surface area contributed by atoms with Gasteiger partial charge in [-0.1, -0.05) is 41.7 Å². The third kappa shape index (κ3) is 4.98. The lowest BCUT2D eigenvalue weighted by atomic mass is 9.96. The number of hydrogen-bond donors (Lipinski definition) is 1. The van der Waals surface area contributed by atoms with Crippen LogP contribution in [0.1, 0.15) is 44.6 Å². The molecule has 0 aliphatic carbocycles. The molecule has 2 saturated heterocycles. The normalized spacial score (nSPS) is 20.4. The number of aryl methyl sites for hydroxylation is 1. The van der Waals surface area contributed by atoms with Crippen LogP contribution in [0.2, 0.25) is 0 Å². The molecule has 2 amide bonds. The number of hydrogen-bond acceptors (Lipinski definition) is 6. The van der Waals surface area contributed by atoms with Crippen LogP contribution >= 0.6 is 11.3 Å². The number of amides is 2. The lowest BCUT2D eigenvalue weighted by Crippen LogP contribution is -2.45. The van der Waals surface area contributed by atoms with Crippen molar-refractivity contribution in [3.63, 3.8) is 0 Å². The van der Waals surface area contributed by atoms with Gasteiger partial charge < -0.3 is 10.2 Å². The van der Waals surface area contributed by atoms with Crippen LogP contribution in [0.3, 0.4) is 0 Å². The van der Waals surface area contributed by atoms with Gasteiger partial charge >= 0.3 is 0 Å². The maximum atomic E-state index is 12.8. The van der Waals surface area contributed by atoms with Crippen LogP contribution in [0, 0.1) is 5.92 Å². The van der Waals surface area contributed by atoms with E-state index in [1.807, 2.05) is 18.2 Å². The average Bonchev–Trinajstić information content (AvgIpc) is 3.42. The number of benzene rings is 1. The van der Waals surface area contributed by atoms with Gasteiger partial charge in [0.15, 0.2) is 0 Å². The summed E-state index contributed by atoms with van der Waals surface area (Å²) >= 11 is 1.45. The molecule has 1 aromatic carbocycles. The first-order chi connectivity index (χ1) is 14.6. The molecule has 0 saturated carbocycles. The van der Waals surface area contributed by atoms with Crippen LogP contribution in [-0.4, -0.2) is 47.7 Å². The van der Waals surface area contributed by atoms with E-state index in [-0.39, 0.29) is 23.8 Å². The third-order valence-electron chi connectivity index (χ3n) is 5.87. The molecule has 0 radical (unpaired) electrons. The zero-order valence-electron chi connectivity index (χ0n) is 17.4. The molecule has 3 heterocycles. The van der Waals surface area contributed by atoms with Crippen molar-refractivity contribution in [1.82, 2.24) is 15.5 Å². The first-order valence-corrected chi connectivity index (χ1v) is 11.6. The van der Waals surface area contributed by atoms with E-state index < -0.39 is 0 Å². The molecule has 0 unspecified atom stereocenters. The van der Waals surface area contributed by atoms with Crippen molar-refractivity contribution >= 4 is 33.4 Å². The highest BCUT2D eigenvalue weighted by atomic mass is 32.1. The topological polar surface area (TPSA) is 78.4 Å². The minimum atomic E-state index is -0.0429. The van der Waals surface area contributed by atoms with Crippen LogP contribution < -0.4 is 15.1 Å². The van der Waals surface area contributed by atoms with Crippen LogP contribution in [0.15, 0.2) is 30.3 Å². The number of carbonyl (C=O) groups is 2. The van der Waals surface area contributed by atoms with Gasteiger partial charge in [0.1, 0.15) is 0 Å². The number of nitrogens with one attached hydrogen (secondary N) is 1. The Morgan fingerprint density at radius 2 is 2.00 bits per heavy atom. The van der Waals surface area contributed by atoms with E-state index in [4.69, 9.17) is 0 Å². The summed E-state index contributed by atoms with van der Waals surface area (Å²) in [7, 11) is 0. The molecule has 2 aliphatic rings. The molecule has 7 nitrogen and oxygen atoms in total. The van der Waals surface area contributed by atoms with Crippen molar-refractivity contribution in [3.8, 4) is 0 Å². The van der Waals surface area contributed by atoms with Gasteiger partial charge in [0.25, 0.3) is 0 Å². The quantitative estimate of drug-likeness (QED) is 0.735. The molecule has 2 aliphatic heterocycles. The fourth-order valence-electron chi connectivity index (χ4n) is 4.12. The van der Waals surface area contributed by atoms with Crippen molar-refractivity contribution in [1.29, 1.82) is 0 Å². The van der Waals surface area contributed by atoms with Crippen LogP contribution in [0.5, 0.6) is 0 Å². The molecule has 4 rings (SSSR count). The largest absolute Gasteiger partial charge is 0.353 e. The molecular formula is C22H29N5O2S. The van der Waals surface area contributed by atoms with Crippen molar-refractivity contribution in [2.24, 2.45) is 5.92 Å². The summed E-state index contributed by atoms with van der Waals surface area (Å²) in [5.41, 5.74) is 1.30. The first kappa shape index (κ1) is 20.8. The number of rotatable bonds is 7. The van der Waals surface area contributed by atoms with Crippen molar-refractivity contribution < 1.29 is 9.59 Å². The molecule has 2 aromatic rings. The predicted octanol–water partition coefficient (Wildman–Crippen LogP) is 3.02. The minimum absolute atomic E-state index is 0.0429. The summed E-state index contributed by atoms with van der Waals surface area (Å²) < 4.78 is 0. The zero-order valence-corrected chi connectivity index (χ0v) is 18.2. The summed E-state index contributed by atoms with van der Waals surface area (Å²) in [6, 6.07) is 10.5. The minimum Gasteiger partial charge on any atom is -0.353 e. The Morgan fingerprint density at radius 1 is 1.20 bits per heavy atom. The first-order valence-electron chi connectivity index (χ1n) is 10.8. The van der Waals surface area contributed by atoms with E-state index >= 15 is 0 Å². The van der Waals surface area contributed by atoms with E-state index in [1.54, 1.807) is 4.90 Å². The molecular weight excluding hydrogens is 398 g/mol. The Morgan fingerprint density at radius 3 is 2.77 bits per heavy atom. The molecule has 1 N–H and O–H groups in total. The third-order valence-corrected chi connectivity index (χ3v) is 6.88. The molecule has 2 atom stereocenters. The summed E-state index contributed by atoms with van der Waals surface area (Å²) in [6.45, 7) is 4.32. The van der Waals surface area contributed by atoms with Gasteiger partial charge in [0.2, 0.25) is 22.1 Å². The molecule has 160 valence electrons. The SMILES string of the molecule is C[C@H](CCc1ccccc1)NC(=O)[C@@H]1CCCN(c2nnc(N3CCCC3=O)s2)C1. The van der Waals surface area contributed by atoms with E-state index in [0.717, 1.165) is 50.3 Å². The van der Waals surface area contributed by atoms with Gasteiger partial charge in [-0.3, -0.25) is 14.5 Å². The Hall–Kier alpha value is -2.48. The van der Waals surface area contributed by atoms with Gasteiger partial charge in [-0.2, -0.15) is 0 Å². The fraction of sp³-hybridized carbons (Fsp3) is 0.545. The molecule has 0 bridgehead atoms. The van der Waals surface area contributed by atoms with Crippen molar-refractivity contribution in [2.45, 2.75) is 51.5 Å². The molecule has 1 aromatic heterocycles. The maximum Gasteiger partial charge on any atom is 0.228 e. The second kappa shape index (κ2) is 9.55. The van der Waals surface area contributed by atoms with Gasteiger partial charge in [-0.15, -0.1) is 10.2 Å². The Labute approximate surface area is 181 Å². The monoisotopic (exact) mass is 427 g/mol. The van der Waals surface area contributed by atoms with Crippen LogP contribution in [-0.2, 0) is 16.0 Å². The van der Waals surface area contributed by atoms with Crippen LogP contribution in [0.25, 0.3) is 0 Å². The number of anilines is 2. The number of nitrogens with zero attached hydrogens (tertiary/aromatic N) is 4. The maximum absolute atomic E-state index is 12.8.